The number of pyridine rings is 1. The molecule has 0 unspecified atom stereocenters. The van der Waals surface area contributed by atoms with Gasteiger partial charge in [-0.25, -0.2) is 9.98 Å². The van der Waals surface area contributed by atoms with E-state index in [0.29, 0.717) is 0 Å². The molecule has 0 bridgehead atoms. The number of aromatic nitrogens is 2. The lowest BCUT2D eigenvalue weighted by atomic mass is 10.3. The number of aryl methyl sites for hydroxylation is 1. The maximum atomic E-state index is 4.45. The van der Waals surface area contributed by atoms with Crippen molar-refractivity contribution in [3.63, 3.8) is 0 Å². The van der Waals surface area contributed by atoms with Gasteiger partial charge in [0, 0.05) is 20.3 Å². The molecule has 1 N–H and O–H groups in total. The van der Waals surface area contributed by atoms with Crippen LogP contribution in [0.2, 0.25) is 0 Å². The Hall–Kier alpha value is -1.84. The fraction of sp³-hybridized carbons (Fsp3) is 0.273. The molecule has 2 heterocycles. The second-order valence-electron chi connectivity index (χ2n) is 3.75. The minimum atomic E-state index is 0.735. The van der Waals surface area contributed by atoms with Crippen molar-refractivity contribution in [1.29, 1.82) is 0 Å². The lowest BCUT2D eigenvalue weighted by Gasteiger charge is -2.01. The summed E-state index contributed by atoms with van der Waals surface area (Å²) in [6.07, 6.45) is 3.70. The van der Waals surface area contributed by atoms with Gasteiger partial charge in [0.1, 0.15) is 0 Å². The molecule has 0 amide bonds. The molecule has 0 aromatic carbocycles. The number of hydrogen-bond donors (Lipinski definition) is 1. The first-order chi connectivity index (χ1) is 7.16. The molecule has 4 heteroatoms. The number of aliphatic imine (C=N–C) groups is 1. The first kappa shape index (κ1) is 9.71. The smallest absolute Gasteiger partial charge is 0.154 e. The van der Waals surface area contributed by atoms with E-state index in [1.807, 2.05) is 44.2 Å². The predicted molar refractivity (Wildman–Crippen MR) is 62.7 cm³/mol. The van der Waals surface area contributed by atoms with Crippen molar-refractivity contribution in [1.82, 2.24) is 14.9 Å². The highest BCUT2D eigenvalue weighted by molar-refractivity contribution is 5.80. The van der Waals surface area contributed by atoms with Gasteiger partial charge in [-0.2, -0.15) is 0 Å². The zero-order valence-corrected chi connectivity index (χ0v) is 9.15. The molecular weight excluding hydrogens is 188 g/mol. The van der Waals surface area contributed by atoms with Crippen LogP contribution in [0, 0.1) is 6.92 Å². The number of nitrogens with one attached hydrogen (secondary N) is 1. The molecule has 0 aliphatic carbocycles. The minimum absolute atomic E-state index is 0.735. The quantitative estimate of drug-likeness (QED) is 0.598. The predicted octanol–water partition coefficient (Wildman–Crippen LogP) is 2.09. The van der Waals surface area contributed by atoms with Crippen LogP contribution in [0.15, 0.2) is 23.3 Å². The number of hydrogen-bond acceptors (Lipinski definition) is 2. The van der Waals surface area contributed by atoms with Gasteiger partial charge >= 0.3 is 0 Å². The van der Waals surface area contributed by atoms with Gasteiger partial charge in [0.25, 0.3) is 0 Å². The first-order valence-corrected chi connectivity index (χ1v) is 4.82. The highest BCUT2D eigenvalue weighted by atomic mass is 15.1. The number of rotatable bonds is 2. The largest absolute Gasteiger partial charge is 0.369 e. The summed E-state index contributed by atoms with van der Waals surface area (Å²) in [4.78, 5) is 13.7. The van der Waals surface area contributed by atoms with E-state index in [1.165, 1.54) is 0 Å². The minimum Gasteiger partial charge on any atom is -0.369 e. The summed E-state index contributed by atoms with van der Waals surface area (Å²) in [5.74, 6) is 0.735. The number of nitrogens with zero attached hydrogens (tertiary/aromatic N) is 3. The lowest BCUT2D eigenvalue weighted by molar-refractivity contribution is 0.643. The van der Waals surface area contributed by atoms with Gasteiger partial charge < -0.3 is 9.88 Å². The van der Waals surface area contributed by atoms with Gasteiger partial charge in [-0.05, 0) is 24.6 Å². The molecule has 0 saturated heterocycles. The summed E-state index contributed by atoms with van der Waals surface area (Å²) in [6.45, 7) is 2.03. The Labute approximate surface area is 88.7 Å². The van der Waals surface area contributed by atoms with Crippen molar-refractivity contribution in [3.05, 3.63) is 23.9 Å². The van der Waals surface area contributed by atoms with Gasteiger partial charge in [-0.15, -0.1) is 0 Å². The van der Waals surface area contributed by atoms with E-state index in [4.69, 9.17) is 0 Å². The average Bonchev–Trinajstić information content (AvgIpc) is 2.57. The highest BCUT2D eigenvalue weighted by Crippen LogP contribution is 2.18. The monoisotopic (exact) mass is 202 g/mol. The fourth-order valence-electron chi connectivity index (χ4n) is 1.37. The van der Waals surface area contributed by atoms with Crippen molar-refractivity contribution >= 4 is 23.2 Å². The van der Waals surface area contributed by atoms with Crippen LogP contribution < -0.4 is 0 Å². The molecule has 78 valence electrons. The second kappa shape index (κ2) is 3.73. The Kier molecular flexibility index (Phi) is 2.41. The second-order valence-corrected chi connectivity index (χ2v) is 3.75. The van der Waals surface area contributed by atoms with Crippen LogP contribution in [-0.4, -0.2) is 35.3 Å². The van der Waals surface area contributed by atoms with E-state index in [2.05, 4.69) is 15.0 Å². The van der Waals surface area contributed by atoms with E-state index in [0.717, 1.165) is 22.4 Å². The summed E-state index contributed by atoms with van der Waals surface area (Å²) in [7, 11) is 3.87. The topological polar surface area (TPSA) is 44.3 Å². The Bertz CT molecular complexity index is 496. The molecule has 0 atom stereocenters. The van der Waals surface area contributed by atoms with Gasteiger partial charge in [0.2, 0.25) is 0 Å². The lowest BCUT2D eigenvalue weighted by Crippen LogP contribution is -2.07. The third-order valence-electron chi connectivity index (χ3n) is 2.12. The van der Waals surface area contributed by atoms with Crippen LogP contribution in [0.5, 0.6) is 0 Å². The molecule has 2 aromatic heterocycles. The Morgan fingerprint density at radius 2 is 2.20 bits per heavy atom. The Balaban J connectivity index is 2.41. The Morgan fingerprint density at radius 3 is 2.93 bits per heavy atom. The standard InChI is InChI=1S/C11H14N4/c1-8-6-12-9-4-5-10(14-11(8)9)13-7-15(2)3/h4-7,12H,1-3H3. The van der Waals surface area contributed by atoms with E-state index < -0.39 is 0 Å². The summed E-state index contributed by atoms with van der Waals surface area (Å²) in [6, 6.07) is 3.90. The van der Waals surface area contributed by atoms with Crippen LogP contribution in [0.1, 0.15) is 5.56 Å². The molecule has 2 rings (SSSR count). The zero-order valence-electron chi connectivity index (χ0n) is 9.15. The van der Waals surface area contributed by atoms with Crippen molar-refractivity contribution in [2.24, 2.45) is 4.99 Å². The normalized spacial score (nSPS) is 11.4. The summed E-state index contributed by atoms with van der Waals surface area (Å²) in [5.41, 5.74) is 3.19. The maximum Gasteiger partial charge on any atom is 0.154 e. The fourth-order valence-corrected chi connectivity index (χ4v) is 1.37. The number of aromatic amines is 1. The molecule has 0 aliphatic rings. The highest BCUT2D eigenvalue weighted by Gasteiger charge is 2.01. The van der Waals surface area contributed by atoms with Crippen LogP contribution in [0.25, 0.3) is 11.0 Å². The van der Waals surface area contributed by atoms with Crippen LogP contribution in [0.4, 0.5) is 5.82 Å². The van der Waals surface area contributed by atoms with Crippen molar-refractivity contribution < 1.29 is 0 Å². The van der Waals surface area contributed by atoms with Gasteiger partial charge in [0.15, 0.2) is 5.82 Å². The van der Waals surface area contributed by atoms with Crippen LogP contribution in [0.3, 0.4) is 0 Å². The van der Waals surface area contributed by atoms with Gasteiger partial charge in [-0.1, -0.05) is 0 Å². The van der Waals surface area contributed by atoms with Gasteiger partial charge in [0.05, 0.1) is 17.4 Å². The summed E-state index contributed by atoms with van der Waals surface area (Å²) < 4.78 is 0. The van der Waals surface area contributed by atoms with Crippen molar-refractivity contribution in [2.75, 3.05) is 14.1 Å². The maximum absolute atomic E-state index is 4.45. The van der Waals surface area contributed by atoms with Crippen LogP contribution >= 0.6 is 0 Å². The molecule has 2 aromatic rings. The molecule has 0 aliphatic heterocycles. The third kappa shape index (κ3) is 1.98. The molecule has 0 fully saturated rings. The molecule has 0 spiro atoms. The average molecular weight is 202 g/mol. The molecule has 0 saturated carbocycles. The van der Waals surface area contributed by atoms with E-state index in [-0.39, 0.29) is 0 Å². The molecule has 0 radical (unpaired) electrons. The SMILES string of the molecule is Cc1c[nH]c2ccc(N=CN(C)C)nc12. The number of fused-ring (bicyclic) bond motifs is 1. The zero-order chi connectivity index (χ0) is 10.8. The van der Waals surface area contributed by atoms with Crippen molar-refractivity contribution in [2.45, 2.75) is 6.92 Å². The number of H-pyrrole nitrogens is 1. The molecule has 15 heavy (non-hydrogen) atoms. The van der Waals surface area contributed by atoms with E-state index >= 15 is 0 Å². The van der Waals surface area contributed by atoms with Crippen LogP contribution in [-0.2, 0) is 0 Å². The Morgan fingerprint density at radius 1 is 1.40 bits per heavy atom. The van der Waals surface area contributed by atoms with E-state index in [1.54, 1.807) is 6.34 Å². The third-order valence-corrected chi connectivity index (χ3v) is 2.12. The van der Waals surface area contributed by atoms with E-state index in [9.17, 15) is 0 Å². The molecule has 4 nitrogen and oxygen atoms in total. The molecular formula is C11H14N4. The summed E-state index contributed by atoms with van der Waals surface area (Å²) >= 11 is 0. The van der Waals surface area contributed by atoms with Crippen molar-refractivity contribution in [3.8, 4) is 0 Å². The first-order valence-electron chi connectivity index (χ1n) is 4.82. The summed E-state index contributed by atoms with van der Waals surface area (Å²) in [5, 5.41) is 0. The van der Waals surface area contributed by atoms with Gasteiger partial charge in [-0.3, -0.25) is 0 Å².